The van der Waals surface area contributed by atoms with Crippen LogP contribution in [0, 0.1) is 18.6 Å². The lowest BCUT2D eigenvalue weighted by Gasteiger charge is -2.15. The average Bonchev–Trinajstić information content (AvgIpc) is 3.03. The van der Waals surface area contributed by atoms with Crippen LogP contribution in [-0.2, 0) is 0 Å². The molecule has 1 unspecified atom stereocenters. The summed E-state index contributed by atoms with van der Waals surface area (Å²) in [6.45, 7) is 1.21. The molecule has 3 rings (SSSR count). The van der Waals surface area contributed by atoms with Gasteiger partial charge in [0.05, 0.1) is 6.61 Å². The number of rotatable bonds is 6. The van der Waals surface area contributed by atoms with Crippen LogP contribution in [0.25, 0.3) is 11.3 Å². The molecule has 1 atom stereocenters. The molecule has 0 aliphatic heterocycles. The summed E-state index contributed by atoms with van der Waals surface area (Å²) < 4.78 is 39.1. The van der Waals surface area contributed by atoms with Crippen molar-refractivity contribution < 1.29 is 27.8 Å². The molecule has 0 fully saturated rings. The maximum Gasteiger partial charge on any atom is 0.254 e. The zero-order valence-electron chi connectivity index (χ0n) is 14.4. The standard InChI is InChI=1S/C18H14BrF2N3O4/c1-8-2-3-9(6-23-8)15-16(19)28-18(24-15)12(7-25)27-11-5-4-10(20)13(14(11)21)17(22)26/h2-6,12,25H,7H2,1H3,(H2,22,26). The van der Waals surface area contributed by atoms with Gasteiger partial charge in [0, 0.05) is 17.5 Å². The number of nitrogens with two attached hydrogens (primary N) is 1. The lowest BCUT2D eigenvalue weighted by atomic mass is 10.1. The van der Waals surface area contributed by atoms with Crippen molar-refractivity contribution in [3.63, 3.8) is 0 Å². The van der Waals surface area contributed by atoms with Crippen LogP contribution in [0.3, 0.4) is 0 Å². The number of pyridine rings is 1. The van der Waals surface area contributed by atoms with Crippen molar-refractivity contribution in [3.8, 4) is 17.0 Å². The highest BCUT2D eigenvalue weighted by Gasteiger charge is 2.26. The Morgan fingerprint density at radius 1 is 1.36 bits per heavy atom. The van der Waals surface area contributed by atoms with Crippen molar-refractivity contribution in [1.29, 1.82) is 0 Å². The van der Waals surface area contributed by atoms with E-state index in [0.29, 0.717) is 11.3 Å². The van der Waals surface area contributed by atoms with Crippen LogP contribution in [0.2, 0.25) is 0 Å². The summed E-state index contributed by atoms with van der Waals surface area (Å²) in [5, 5.41) is 9.63. The van der Waals surface area contributed by atoms with Gasteiger partial charge in [-0.25, -0.2) is 13.8 Å². The second-order valence-electron chi connectivity index (χ2n) is 5.75. The van der Waals surface area contributed by atoms with Gasteiger partial charge in [-0.1, -0.05) is 0 Å². The first-order chi connectivity index (χ1) is 13.3. The Hall–Kier alpha value is -2.85. The molecule has 0 saturated heterocycles. The predicted molar refractivity (Wildman–Crippen MR) is 97.5 cm³/mol. The number of carbonyl (C=O) groups is 1. The predicted octanol–water partition coefficient (Wildman–Crippen LogP) is 3.30. The summed E-state index contributed by atoms with van der Waals surface area (Å²) in [5.41, 5.74) is 5.92. The van der Waals surface area contributed by atoms with Gasteiger partial charge in [-0.15, -0.1) is 0 Å². The Morgan fingerprint density at radius 3 is 2.71 bits per heavy atom. The van der Waals surface area contributed by atoms with Gasteiger partial charge in [-0.2, -0.15) is 0 Å². The Kier molecular flexibility index (Phi) is 5.71. The van der Waals surface area contributed by atoms with E-state index in [1.54, 1.807) is 18.3 Å². The van der Waals surface area contributed by atoms with Crippen molar-refractivity contribution in [3.05, 3.63) is 63.9 Å². The minimum absolute atomic E-state index is 0.0608. The molecule has 2 heterocycles. The van der Waals surface area contributed by atoms with Crippen LogP contribution in [-0.4, -0.2) is 27.6 Å². The fourth-order valence-electron chi connectivity index (χ4n) is 2.41. The smallest absolute Gasteiger partial charge is 0.254 e. The lowest BCUT2D eigenvalue weighted by Crippen LogP contribution is -2.18. The van der Waals surface area contributed by atoms with E-state index in [-0.39, 0.29) is 10.6 Å². The quantitative estimate of drug-likeness (QED) is 0.592. The van der Waals surface area contributed by atoms with Crippen LogP contribution in [0.1, 0.15) is 28.0 Å². The molecule has 0 bridgehead atoms. The van der Waals surface area contributed by atoms with Crippen LogP contribution >= 0.6 is 15.9 Å². The normalized spacial score (nSPS) is 12.0. The van der Waals surface area contributed by atoms with Gasteiger partial charge in [-0.05, 0) is 47.1 Å². The topological polar surface area (TPSA) is 111 Å². The highest BCUT2D eigenvalue weighted by atomic mass is 79.9. The summed E-state index contributed by atoms with van der Waals surface area (Å²) in [6.07, 6.45) is 0.374. The van der Waals surface area contributed by atoms with Gasteiger partial charge in [-0.3, -0.25) is 9.78 Å². The first kappa shape index (κ1) is 19.9. The number of aliphatic hydroxyl groups excluding tert-OH is 1. The monoisotopic (exact) mass is 453 g/mol. The van der Waals surface area contributed by atoms with E-state index in [4.69, 9.17) is 14.9 Å². The summed E-state index contributed by atoms with van der Waals surface area (Å²) in [5.74, 6) is -4.23. The number of hydrogen-bond acceptors (Lipinski definition) is 6. The van der Waals surface area contributed by atoms with Crippen molar-refractivity contribution in [2.24, 2.45) is 5.73 Å². The summed E-state index contributed by atoms with van der Waals surface area (Å²) >= 11 is 3.23. The second-order valence-corrected chi connectivity index (χ2v) is 6.47. The maximum absolute atomic E-state index is 14.4. The van der Waals surface area contributed by atoms with Crippen LogP contribution in [0.5, 0.6) is 5.75 Å². The van der Waals surface area contributed by atoms with Gasteiger partial charge in [0.1, 0.15) is 17.1 Å². The fourth-order valence-corrected chi connectivity index (χ4v) is 2.89. The molecule has 3 aromatic rings. The molecule has 0 aliphatic carbocycles. The Morgan fingerprint density at radius 2 is 2.11 bits per heavy atom. The number of halogens is 3. The van der Waals surface area contributed by atoms with Crippen LogP contribution in [0.4, 0.5) is 8.78 Å². The SMILES string of the molecule is Cc1ccc(-c2nc(C(CO)Oc3ccc(F)c(C(N)=O)c3F)oc2Br)cn1. The maximum atomic E-state index is 14.4. The number of aromatic nitrogens is 2. The minimum atomic E-state index is -1.28. The van der Waals surface area contributed by atoms with E-state index in [0.717, 1.165) is 17.8 Å². The minimum Gasteiger partial charge on any atom is -0.475 e. The average molecular weight is 454 g/mol. The summed E-state index contributed by atoms with van der Waals surface area (Å²) in [4.78, 5) is 19.7. The number of ether oxygens (including phenoxy) is 1. The molecule has 0 radical (unpaired) electrons. The van der Waals surface area contributed by atoms with Crippen molar-refractivity contribution >= 4 is 21.8 Å². The summed E-state index contributed by atoms with van der Waals surface area (Å²) in [7, 11) is 0. The number of benzene rings is 1. The van der Waals surface area contributed by atoms with E-state index in [9.17, 15) is 18.7 Å². The van der Waals surface area contributed by atoms with Crippen molar-refractivity contribution in [2.45, 2.75) is 13.0 Å². The highest BCUT2D eigenvalue weighted by Crippen LogP contribution is 2.33. The van der Waals surface area contributed by atoms with Gasteiger partial charge >= 0.3 is 0 Å². The van der Waals surface area contributed by atoms with E-state index < -0.39 is 41.6 Å². The van der Waals surface area contributed by atoms with Crippen molar-refractivity contribution in [2.75, 3.05) is 6.61 Å². The highest BCUT2D eigenvalue weighted by molar-refractivity contribution is 9.10. The summed E-state index contributed by atoms with van der Waals surface area (Å²) in [6, 6.07) is 5.38. The zero-order valence-corrected chi connectivity index (χ0v) is 16.0. The first-order valence-corrected chi connectivity index (χ1v) is 8.75. The molecule has 28 heavy (non-hydrogen) atoms. The number of amides is 1. The van der Waals surface area contributed by atoms with E-state index in [2.05, 4.69) is 25.9 Å². The number of primary amides is 1. The van der Waals surface area contributed by atoms with Crippen LogP contribution in [0.15, 0.2) is 39.5 Å². The zero-order chi connectivity index (χ0) is 20.4. The molecule has 0 spiro atoms. The molecule has 0 saturated carbocycles. The number of carbonyl (C=O) groups excluding carboxylic acids is 1. The first-order valence-electron chi connectivity index (χ1n) is 7.96. The fraction of sp³-hybridized carbons (Fsp3) is 0.167. The molecule has 7 nitrogen and oxygen atoms in total. The van der Waals surface area contributed by atoms with Crippen LogP contribution < -0.4 is 10.5 Å². The van der Waals surface area contributed by atoms with E-state index >= 15 is 0 Å². The third kappa shape index (κ3) is 3.87. The molecule has 0 aliphatic rings. The molecule has 1 amide bonds. The molecule has 3 N–H and O–H groups in total. The Bertz CT molecular complexity index is 1020. The largest absolute Gasteiger partial charge is 0.475 e. The number of aryl methyl sites for hydroxylation is 1. The number of oxazole rings is 1. The van der Waals surface area contributed by atoms with E-state index in [1.807, 2.05) is 6.92 Å². The molecule has 2 aromatic heterocycles. The third-order valence-corrected chi connectivity index (χ3v) is 4.34. The molecule has 1 aromatic carbocycles. The van der Waals surface area contributed by atoms with Gasteiger partial charge in [0.2, 0.25) is 5.89 Å². The molecular weight excluding hydrogens is 440 g/mol. The van der Waals surface area contributed by atoms with Crippen molar-refractivity contribution in [1.82, 2.24) is 9.97 Å². The third-order valence-electron chi connectivity index (χ3n) is 3.80. The molecule has 146 valence electrons. The lowest BCUT2D eigenvalue weighted by molar-refractivity contribution is 0.0880. The number of aliphatic hydroxyl groups is 1. The van der Waals surface area contributed by atoms with Gasteiger partial charge in [0.25, 0.3) is 5.91 Å². The Balaban J connectivity index is 1.93. The number of hydrogen-bond donors (Lipinski definition) is 2. The molecule has 10 heteroatoms. The number of nitrogens with zero attached hydrogens (tertiary/aromatic N) is 2. The van der Waals surface area contributed by atoms with Gasteiger partial charge in [0.15, 0.2) is 22.3 Å². The molecular formula is C18H14BrF2N3O4. The van der Waals surface area contributed by atoms with Gasteiger partial charge < -0.3 is 20.0 Å². The Labute approximate surface area is 166 Å². The second kappa shape index (κ2) is 8.03. The van der Waals surface area contributed by atoms with E-state index in [1.165, 1.54) is 0 Å².